The maximum Gasteiger partial charge on any atom is 0.472 e. The number of nitrogens with one attached hydrogen (secondary N) is 1. The lowest BCUT2D eigenvalue weighted by atomic mass is 10.0. The van der Waals surface area contributed by atoms with E-state index in [0.717, 1.165) is 109 Å². The minimum Gasteiger partial charge on any atom is -0.456 e. The number of carbonyl (C=O) groups is 2. The summed E-state index contributed by atoms with van der Waals surface area (Å²) in [4.78, 5) is 37.8. The Morgan fingerprint density at radius 3 is 1.18 bits per heavy atom. The van der Waals surface area contributed by atoms with Crippen molar-refractivity contribution in [2.75, 3.05) is 40.9 Å². The molecule has 3 unspecified atom stereocenters. The number of phosphoric ester groups is 1. The first-order valence-electron chi connectivity index (χ1n) is 32.7. The summed E-state index contributed by atoms with van der Waals surface area (Å²) in [6.07, 6.45) is 80.8. The molecule has 2 N–H and O–H groups in total. The van der Waals surface area contributed by atoms with Crippen LogP contribution < -0.4 is 5.32 Å². The Kier molecular flexibility index (Phi) is 56.4. The second-order valence-electron chi connectivity index (χ2n) is 22.9. The van der Waals surface area contributed by atoms with Gasteiger partial charge in [-0.15, -0.1) is 0 Å². The van der Waals surface area contributed by atoms with E-state index >= 15 is 0 Å². The van der Waals surface area contributed by atoms with Gasteiger partial charge in [-0.2, -0.15) is 0 Å². The van der Waals surface area contributed by atoms with Gasteiger partial charge in [0.1, 0.15) is 19.3 Å². The number of quaternary nitrogens is 1. The molecule has 3 atom stereocenters. The Balaban J connectivity index is 5.28. The minimum atomic E-state index is -4.47. The van der Waals surface area contributed by atoms with Gasteiger partial charge < -0.3 is 19.4 Å². The molecule has 0 aliphatic heterocycles. The van der Waals surface area contributed by atoms with E-state index in [0.29, 0.717) is 17.4 Å². The van der Waals surface area contributed by atoms with Crippen molar-refractivity contribution in [3.05, 3.63) is 109 Å². The van der Waals surface area contributed by atoms with Crippen molar-refractivity contribution in [1.82, 2.24) is 5.32 Å². The van der Waals surface area contributed by atoms with Gasteiger partial charge in [-0.25, -0.2) is 4.57 Å². The van der Waals surface area contributed by atoms with Gasteiger partial charge in [-0.3, -0.25) is 18.6 Å². The van der Waals surface area contributed by atoms with Crippen LogP contribution in [0.2, 0.25) is 0 Å². The first-order valence-corrected chi connectivity index (χ1v) is 34.2. The predicted octanol–water partition coefficient (Wildman–Crippen LogP) is 20.5. The number of ether oxygens (including phenoxy) is 1. The monoisotopic (exact) mass is 1140 g/mol. The van der Waals surface area contributed by atoms with Gasteiger partial charge in [0.2, 0.25) is 5.91 Å². The molecule has 0 rings (SSSR count). The van der Waals surface area contributed by atoms with Crippen LogP contribution in [0.5, 0.6) is 0 Å². The zero-order chi connectivity index (χ0) is 58.6. The van der Waals surface area contributed by atoms with Gasteiger partial charge in [0.15, 0.2) is 0 Å². The highest BCUT2D eigenvalue weighted by atomic mass is 31.2. The average molecular weight is 1140 g/mol. The van der Waals surface area contributed by atoms with Crippen LogP contribution in [0.1, 0.15) is 271 Å². The molecule has 0 aromatic heterocycles. The van der Waals surface area contributed by atoms with E-state index in [1.165, 1.54) is 122 Å². The Hall–Kier alpha value is -3.33. The number of rotatable bonds is 58. The minimum absolute atomic E-state index is 0.0264. The zero-order valence-electron chi connectivity index (χ0n) is 52.5. The fourth-order valence-corrected chi connectivity index (χ4v) is 9.58. The molecule has 0 fully saturated rings. The van der Waals surface area contributed by atoms with E-state index in [4.69, 9.17) is 13.8 Å². The molecule has 0 aliphatic carbocycles. The average Bonchev–Trinajstić information content (AvgIpc) is 3.43. The lowest BCUT2D eigenvalue weighted by Crippen LogP contribution is -2.47. The quantitative estimate of drug-likeness (QED) is 0.0205. The van der Waals surface area contributed by atoms with Crippen LogP contribution in [-0.4, -0.2) is 74.3 Å². The molecule has 0 aromatic carbocycles. The second kappa shape index (κ2) is 58.9. The van der Waals surface area contributed by atoms with Crippen LogP contribution in [0.4, 0.5) is 0 Å². The zero-order valence-corrected chi connectivity index (χ0v) is 53.4. The number of hydrogen-bond donors (Lipinski definition) is 2. The highest BCUT2D eigenvalue weighted by molar-refractivity contribution is 7.47. The number of allylic oxidation sites excluding steroid dienone is 17. The molecule has 0 radical (unpaired) electrons. The number of phosphoric acid groups is 1. The topological polar surface area (TPSA) is 111 Å². The van der Waals surface area contributed by atoms with E-state index in [-0.39, 0.29) is 37.9 Å². The molecule has 0 spiro atoms. The molecule has 0 bridgehead atoms. The summed E-state index contributed by atoms with van der Waals surface area (Å²) in [7, 11) is 1.45. The number of hydrogen-bond acceptors (Lipinski definition) is 6. The molecule has 80 heavy (non-hydrogen) atoms. The number of likely N-dealkylation sites (N-methyl/N-ethyl adjacent to an activating group) is 1. The number of carbonyl (C=O) groups excluding carboxylic acids is 2. The van der Waals surface area contributed by atoms with Gasteiger partial charge >= 0.3 is 13.8 Å². The van der Waals surface area contributed by atoms with Gasteiger partial charge in [-0.1, -0.05) is 246 Å². The van der Waals surface area contributed by atoms with Gasteiger partial charge in [-0.05, 0) is 122 Å². The molecular weight excluding hydrogens is 1010 g/mol. The normalized spacial score (nSPS) is 14.3. The van der Waals surface area contributed by atoms with E-state index in [1.807, 2.05) is 33.3 Å². The first kappa shape index (κ1) is 76.7. The van der Waals surface area contributed by atoms with E-state index in [2.05, 4.69) is 123 Å². The number of amides is 1. The third-order valence-electron chi connectivity index (χ3n) is 13.9. The first-order chi connectivity index (χ1) is 38.9. The molecule has 1 amide bonds. The lowest BCUT2D eigenvalue weighted by Gasteiger charge is -2.27. The maximum absolute atomic E-state index is 13.6. The summed E-state index contributed by atoms with van der Waals surface area (Å²) < 4.78 is 30.7. The summed E-state index contributed by atoms with van der Waals surface area (Å²) in [5, 5.41) is 3.04. The van der Waals surface area contributed by atoms with Crippen molar-refractivity contribution in [3.63, 3.8) is 0 Å². The molecule has 0 aromatic rings. The van der Waals surface area contributed by atoms with Crippen LogP contribution >= 0.6 is 7.82 Å². The number of esters is 1. The Labute approximate surface area is 493 Å². The SMILES string of the molecule is CCCCC/C=C\C/C=C\C/C=C\C/C=C\CCCCCCCCCC(=O)OC(/C=C/CCCCCCCCCCCC)C(COP(=O)(O)OCC[N+](C)(C)C)NC(=O)CCCCC/C=C\C/C=C\C/C=C\C/C=C\CCCCC. The fraction of sp³-hybridized carbons (Fsp3) is 0.714. The van der Waals surface area contributed by atoms with Crippen LogP contribution in [0.25, 0.3) is 0 Å². The Morgan fingerprint density at radius 2 is 0.762 bits per heavy atom. The smallest absolute Gasteiger partial charge is 0.456 e. The number of unbranched alkanes of at least 4 members (excludes halogenated alkanes) is 26. The molecule has 9 nitrogen and oxygen atoms in total. The van der Waals surface area contributed by atoms with Gasteiger partial charge in [0.25, 0.3) is 0 Å². The Morgan fingerprint density at radius 1 is 0.438 bits per heavy atom. The molecule has 0 heterocycles. The Bertz CT molecular complexity index is 1740. The van der Waals surface area contributed by atoms with Crippen molar-refractivity contribution in [2.45, 2.75) is 283 Å². The summed E-state index contributed by atoms with van der Waals surface area (Å²) in [6, 6.07) is -0.877. The van der Waals surface area contributed by atoms with Gasteiger partial charge in [0, 0.05) is 12.8 Å². The third-order valence-corrected chi connectivity index (χ3v) is 14.9. The van der Waals surface area contributed by atoms with Crippen LogP contribution in [0.3, 0.4) is 0 Å². The van der Waals surface area contributed by atoms with Crippen molar-refractivity contribution < 1.29 is 37.3 Å². The summed E-state index contributed by atoms with van der Waals surface area (Å²) in [6.45, 7) is 6.92. The van der Waals surface area contributed by atoms with Crippen LogP contribution in [-0.2, 0) is 27.9 Å². The predicted molar refractivity (Wildman–Crippen MR) is 346 cm³/mol. The van der Waals surface area contributed by atoms with Crippen LogP contribution in [0.15, 0.2) is 109 Å². The van der Waals surface area contributed by atoms with Crippen LogP contribution in [0, 0.1) is 0 Å². The molecule has 0 saturated carbocycles. The van der Waals surface area contributed by atoms with E-state index in [1.54, 1.807) is 0 Å². The molecule has 460 valence electrons. The lowest BCUT2D eigenvalue weighted by molar-refractivity contribution is -0.870. The standard InChI is InChI=1S/C70H123N2O7P/c1-7-10-13-16-19-22-25-28-30-32-34-35-36-37-39-41-43-45-48-51-54-57-60-63-70(74)79-68(61-58-55-52-49-46-27-24-21-18-15-12-9-3)67(66-78-80(75,76)77-65-64-72(4,5)6)71-69(73)62-59-56-53-50-47-44-42-40-38-33-31-29-26-23-20-17-14-11-8-2/h19-20,22-23,28-31,34-35,37-40,44,47,58,61,67-68H,7-18,21,24-27,32-33,36,41-43,45-46,48-57,59-60,62-66H2,1-6H3,(H-,71,73,75,76)/p+1/b22-19-,23-20-,30-28-,31-29-,35-34-,39-37-,40-38-,47-44-,61-58+. The van der Waals surface area contributed by atoms with E-state index in [9.17, 15) is 19.0 Å². The van der Waals surface area contributed by atoms with Crippen molar-refractivity contribution in [1.29, 1.82) is 0 Å². The third kappa shape index (κ3) is 59.3. The summed E-state index contributed by atoms with van der Waals surface area (Å²) >= 11 is 0. The molecule has 10 heteroatoms. The van der Waals surface area contributed by atoms with Crippen molar-refractivity contribution in [3.8, 4) is 0 Å². The largest absolute Gasteiger partial charge is 0.472 e. The van der Waals surface area contributed by atoms with Crippen molar-refractivity contribution in [2.24, 2.45) is 0 Å². The summed E-state index contributed by atoms with van der Waals surface area (Å²) in [5.41, 5.74) is 0. The maximum atomic E-state index is 13.6. The van der Waals surface area contributed by atoms with Gasteiger partial charge in [0.05, 0.1) is 33.8 Å². The molecule has 0 saturated heterocycles. The summed E-state index contributed by atoms with van der Waals surface area (Å²) in [5.74, 6) is -0.557. The van der Waals surface area contributed by atoms with Crippen molar-refractivity contribution >= 4 is 19.7 Å². The molecule has 0 aliphatic rings. The van der Waals surface area contributed by atoms with E-state index < -0.39 is 20.0 Å². The number of nitrogens with zero attached hydrogens (tertiary/aromatic N) is 1. The fourth-order valence-electron chi connectivity index (χ4n) is 8.85. The molecular formula is C70H124N2O7P+. The second-order valence-corrected chi connectivity index (χ2v) is 24.4. The highest BCUT2D eigenvalue weighted by Crippen LogP contribution is 2.43. The highest BCUT2D eigenvalue weighted by Gasteiger charge is 2.30.